The van der Waals surface area contributed by atoms with Crippen molar-refractivity contribution < 1.29 is 5.11 Å². The maximum absolute atomic E-state index is 8.78. The highest BCUT2D eigenvalue weighted by Crippen LogP contribution is 2.28. The van der Waals surface area contributed by atoms with Gasteiger partial charge in [-0.1, -0.05) is 29.3 Å². The number of halogens is 3. The standard InChI is InChI=1S/C11H14Cl3NO/c1-15(4-5-16)7-11(14)8-2-3-9(12)10(13)6-8/h2-3,6,11,16H,4-5,7H2,1H3. The number of hydrogen-bond donors (Lipinski definition) is 1. The molecule has 5 heteroatoms. The first kappa shape index (κ1) is 14.1. The lowest BCUT2D eigenvalue weighted by atomic mass is 10.1. The van der Waals surface area contributed by atoms with Gasteiger partial charge in [0.1, 0.15) is 0 Å². The molecule has 0 saturated heterocycles. The topological polar surface area (TPSA) is 23.5 Å². The van der Waals surface area contributed by atoms with Crippen LogP contribution in [-0.2, 0) is 0 Å². The number of nitrogens with zero attached hydrogens (tertiary/aromatic N) is 1. The molecule has 0 radical (unpaired) electrons. The molecule has 1 atom stereocenters. The minimum atomic E-state index is -0.161. The van der Waals surface area contributed by atoms with Gasteiger partial charge in [0.15, 0.2) is 0 Å². The molecule has 1 aromatic carbocycles. The first-order valence-corrected chi connectivity index (χ1v) is 6.12. The van der Waals surface area contributed by atoms with Gasteiger partial charge in [-0.15, -0.1) is 11.6 Å². The fraction of sp³-hybridized carbons (Fsp3) is 0.455. The Morgan fingerprint density at radius 2 is 2.00 bits per heavy atom. The molecule has 1 rings (SSSR count). The Labute approximate surface area is 111 Å². The van der Waals surface area contributed by atoms with Crippen LogP contribution in [0.3, 0.4) is 0 Å². The van der Waals surface area contributed by atoms with Gasteiger partial charge < -0.3 is 10.0 Å². The van der Waals surface area contributed by atoms with Gasteiger partial charge in [-0.25, -0.2) is 0 Å². The van der Waals surface area contributed by atoms with Crippen LogP contribution in [0.4, 0.5) is 0 Å². The van der Waals surface area contributed by atoms with E-state index < -0.39 is 0 Å². The Bertz CT molecular complexity index is 346. The molecule has 0 aliphatic carbocycles. The summed E-state index contributed by atoms with van der Waals surface area (Å²) in [5.41, 5.74) is 0.931. The Morgan fingerprint density at radius 1 is 1.31 bits per heavy atom. The molecular weight excluding hydrogens is 268 g/mol. The van der Waals surface area contributed by atoms with Gasteiger partial charge in [0.05, 0.1) is 22.0 Å². The number of rotatable bonds is 5. The zero-order valence-corrected chi connectivity index (χ0v) is 11.2. The van der Waals surface area contributed by atoms with Crippen molar-refractivity contribution in [2.45, 2.75) is 5.38 Å². The average Bonchev–Trinajstić information content (AvgIpc) is 2.22. The van der Waals surface area contributed by atoms with Crippen molar-refractivity contribution in [2.75, 3.05) is 26.7 Å². The molecule has 90 valence electrons. The van der Waals surface area contributed by atoms with Gasteiger partial charge in [-0.05, 0) is 24.7 Å². The molecule has 0 saturated carbocycles. The quantitative estimate of drug-likeness (QED) is 0.839. The van der Waals surface area contributed by atoms with E-state index in [-0.39, 0.29) is 12.0 Å². The van der Waals surface area contributed by atoms with Crippen molar-refractivity contribution in [3.8, 4) is 0 Å². The summed E-state index contributed by atoms with van der Waals surface area (Å²) in [7, 11) is 1.91. The second kappa shape index (κ2) is 6.67. The third-order valence-corrected chi connectivity index (χ3v) is 3.39. The smallest absolute Gasteiger partial charge is 0.0712 e. The Morgan fingerprint density at radius 3 is 2.56 bits per heavy atom. The number of likely N-dealkylation sites (N-methyl/N-ethyl adjacent to an activating group) is 1. The fourth-order valence-electron chi connectivity index (χ4n) is 1.35. The highest BCUT2D eigenvalue weighted by Gasteiger charge is 2.12. The molecule has 0 amide bonds. The van der Waals surface area contributed by atoms with Crippen LogP contribution in [0.25, 0.3) is 0 Å². The van der Waals surface area contributed by atoms with E-state index in [0.717, 1.165) is 5.56 Å². The van der Waals surface area contributed by atoms with E-state index in [1.807, 2.05) is 18.0 Å². The van der Waals surface area contributed by atoms with Crippen LogP contribution in [0, 0.1) is 0 Å². The number of benzene rings is 1. The molecule has 0 heterocycles. The third kappa shape index (κ3) is 4.11. The summed E-state index contributed by atoms with van der Waals surface area (Å²) in [5, 5.41) is 9.65. The van der Waals surface area contributed by atoms with Gasteiger partial charge in [0.25, 0.3) is 0 Å². The lowest BCUT2D eigenvalue weighted by Gasteiger charge is -2.19. The van der Waals surface area contributed by atoms with Crippen molar-refractivity contribution in [1.29, 1.82) is 0 Å². The van der Waals surface area contributed by atoms with Crippen molar-refractivity contribution >= 4 is 34.8 Å². The van der Waals surface area contributed by atoms with E-state index in [2.05, 4.69) is 0 Å². The maximum atomic E-state index is 8.78. The molecule has 0 aliphatic rings. The summed E-state index contributed by atoms with van der Waals surface area (Å²) < 4.78 is 0. The highest BCUT2D eigenvalue weighted by molar-refractivity contribution is 6.42. The fourth-order valence-corrected chi connectivity index (χ4v) is 2.03. The van der Waals surface area contributed by atoms with Crippen LogP contribution in [0.15, 0.2) is 18.2 Å². The van der Waals surface area contributed by atoms with Gasteiger partial charge >= 0.3 is 0 Å². The SMILES string of the molecule is CN(CCO)CC(Cl)c1ccc(Cl)c(Cl)c1. The molecule has 0 bridgehead atoms. The first-order chi connectivity index (χ1) is 7.54. The monoisotopic (exact) mass is 281 g/mol. The van der Waals surface area contributed by atoms with E-state index in [9.17, 15) is 0 Å². The van der Waals surface area contributed by atoms with Crippen molar-refractivity contribution in [1.82, 2.24) is 4.90 Å². The van der Waals surface area contributed by atoms with Crippen LogP contribution in [-0.4, -0.2) is 36.8 Å². The third-order valence-electron chi connectivity index (χ3n) is 2.26. The molecule has 1 N–H and O–H groups in total. The van der Waals surface area contributed by atoms with Gasteiger partial charge in [-0.2, -0.15) is 0 Å². The summed E-state index contributed by atoms with van der Waals surface area (Å²) in [6.45, 7) is 1.38. The zero-order valence-electron chi connectivity index (χ0n) is 8.96. The summed E-state index contributed by atoms with van der Waals surface area (Å²) >= 11 is 18.0. The molecule has 0 aromatic heterocycles. The van der Waals surface area contributed by atoms with E-state index in [4.69, 9.17) is 39.9 Å². The average molecular weight is 283 g/mol. The van der Waals surface area contributed by atoms with Crippen molar-refractivity contribution in [3.63, 3.8) is 0 Å². The van der Waals surface area contributed by atoms with Gasteiger partial charge in [0.2, 0.25) is 0 Å². The van der Waals surface area contributed by atoms with Crippen LogP contribution >= 0.6 is 34.8 Å². The normalized spacial score (nSPS) is 13.1. The molecule has 2 nitrogen and oxygen atoms in total. The van der Waals surface area contributed by atoms with Gasteiger partial charge in [0, 0.05) is 13.1 Å². The number of hydrogen-bond acceptors (Lipinski definition) is 2. The largest absolute Gasteiger partial charge is 0.395 e. The molecule has 0 spiro atoms. The summed E-state index contributed by atoms with van der Waals surface area (Å²) in [6.07, 6.45) is 0. The predicted octanol–water partition coefficient (Wildman–Crippen LogP) is 3.20. The summed E-state index contributed by atoms with van der Waals surface area (Å²) in [4.78, 5) is 1.96. The van der Waals surface area contributed by atoms with Crippen LogP contribution in [0.1, 0.15) is 10.9 Å². The molecule has 0 fully saturated rings. The number of alkyl halides is 1. The van der Waals surface area contributed by atoms with E-state index in [1.54, 1.807) is 12.1 Å². The first-order valence-electron chi connectivity index (χ1n) is 4.93. The maximum Gasteiger partial charge on any atom is 0.0712 e. The predicted molar refractivity (Wildman–Crippen MR) is 69.6 cm³/mol. The molecule has 0 aliphatic heterocycles. The zero-order chi connectivity index (χ0) is 12.1. The molecule has 1 unspecified atom stereocenters. The Kier molecular flexibility index (Phi) is 5.87. The van der Waals surface area contributed by atoms with Gasteiger partial charge in [-0.3, -0.25) is 0 Å². The lowest BCUT2D eigenvalue weighted by molar-refractivity contribution is 0.221. The van der Waals surface area contributed by atoms with E-state index in [1.165, 1.54) is 0 Å². The second-order valence-corrected chi connectivity index (χ2v) is 4.97. The van der Waals surface area contributed by atoms with Crippen LogP contribution < -0.4 is 0 Å². The summed E-state index contributed by atoms with van der Waals surface area (Å²) in [5.74, 6) is 0. The lowest BCUT2D eigenvalue weighted by Crippen LogP contribution is -2.25. The Hall–Kier alpha value is 0.01000. The molecular formula is C11H14Cl3NO. The Balaban J connectivity index is 2.65. The number of aliphatic hydroxyl groups is 1. The number of aliphatic hydroxyl groups excluding tert-OH is 1. The minimum absolute atomic E-state index is 0.126. The van der Waals surface area contributed by atoms with Crippen LogP contribution in [0.5, 0.6) is 0 Å². The minimum Gasteiger partial charge on any atom is -0.395 e. The van der Waals surface area contributed by atoms with Crippen molar-refractivity contribution in [2.24, 2.45) is 0 Å². The summed E-state index contributed by atoms with van der Waals surface area (Å²) in [6, 6.07) is 5.37. The van der Waals surface area contributed by atoms with E-state index >= 15 is 0 Å². The van der Waals surface area contributed by atoms with Crippen LogP contribution in [0.2, 0.25) is 10.0 Å². The van der Waals surface area contributed by atoms with E-state index in [0.29, 0.717) is 23.1 Å². The van der Waals surface area contributed by atoms with Crippen molar-refractivity contribution in [3.05, 3.63) is 33.8 Å². The molecule has 16 heavy (non-hydrogen) atoms. The highest BCUT2D eigenvalue weighted by atomic mass is 35.5. The molecule has 1 aromatic rings. The second-order valence-electron chi connectivity index (χ2n) is 3.63.